The first-order chi connectivity index (χ1) is 12.8. The van der Waals surface area contributed by atoms with Gasteiger partial charge in [-0.3, -0.25) is 14.9 Å². The molecule has 0 bridgehead atoms. The number of hydrogen-bond donors (Lipinski definition) is 0. The first-order valence-corrected chi connectivity index (χ1v) is 10.5. The van der Waals surface area contributed by atoms with Gasteiger partial charge in [-0.25, -0.2) is 8.42 Å². The molecule has 0 radical (unpaired) electrons. The van der Waals surface area contributed by atoms with E-state index in [4.69, 9.17) is 4.74 Å². The molecule has 10 heteroatoms. The fourth-order valence-electron chi connectivity index (χ4n) is 3.41. The van der Waals surface area contributed by atoms with E-state index in [0.29, 0.717) is 26.2 Å². The SMILES string of the molecule is C[C@@H](Oc1ccc(S(=O)(=O)N2CCCC2)cc1[N+](=O)[O-])C(=O)N1CCCC1. The van der Waals surface area contributed by atoms with Crippen LogP contribution in [0.15, 0.2) is 23.1 Å². The number of amides is 1. The minimum absolute atomic E-state index is 0.111. The van der Waals surface area contributed by atoms with Gasteiger partial charge in [-0.15, -0.1) is 0 Å². The average molecular weight is 397 g/mol. The summed E-state index contributed by atoms with van der Waals surface area (Å²) >= 11 is 0. The quantitative estimate of drug-likeness (QED) is 0.534. The zero-order chi connectivity index (χ0) is 19.6. The molecule has 27 heavy (non-hydrogen) atoms. The van der Waals surface area contributed by atoms with Crippen molar-refractivity contribution in [1.82, 2.24) is 9.21 Å². The second-order valence-corrected chi connectivity index (χ2v) is 8.73. The minimum atomic E-state index is -3.77. The molecule has 0 spiro atoms. The van der Waals surface area contributed by atoms with Crippen LogP contribution >= 0.6 is 0 Å². The lowest BCUT2D eigenvalue weighted by molar-refractivity contribution is -0.386. The lowest BCUT2D eigenvalue weighted by atomic mass is 10.3. The summed E-state index contributed by atoms with van der Waals surface area (Å²) in [5.41, 5.74) is -0.462. The molecule has 0 aromatic heterocycles. The van der Waals surface area contributed by atoms with Gasteiger partial charge < -0.3 is 9.64 Å². The molecule has 2 aliphatic rings. The van der Waals surface area contributed by atoms with E-state index in [0.717, 1.165) is 31.7 Å². The Morgan fingerprint density at radius 2 is 1.74 bits per heavy atom. The maximum atomic E-state index is 12.6. The Kier molecular flexibility index (Phi) is 5.66. The predicted molar refractivity (Wildman–Crippen MR) is 97.0 cm³/mol. The van der Waals surface area contributed by atoms with Gasteiger partial charge in [0.05, 0.1) is 9.82 Å². The number of benzene rings is 1. The van der Waals surface area contributed by atoms with E-state index in [2.05, 4.69) is 0 Å². The standard InChI is InChI=1S/C17H23N3O6S/c1-13(17(21)18-8-2-3-9-18)26-16-7-6-14(12-15(16)20(22)23)27(24,25)19-10-4-5-11-19/h6-7,12-13H,2-5,8-11H2,1H3/t13-/m1/s1. The summed E-state index contributed by atoms with van der Waals surface area (Å²) < 4.78 is 32.1. The van der Waals surface area contributed by atoms with Crippen molar-refractivity contribution < 1.29 is 22.9 Å². The van der Waals surface area contributed by atoms with Crippen LogP contribution in [0, 0.1) is 10.1 Å². The van der Waals surface area contributed by atoms with Crippen molar-refractivity contribution >= 4 is 21.6 Å². The number of nitro benzene ring substituents is 1. The Morgan fingerprint density at radius 1 is 1.15 bits per heavy atom. The van der Waals surface area contributed by atoms with Crippen LogP contribution in [0.2, 0.25) is 0 Å². The van der Waals surface area contributed by atoms with Crippen LogP contribution in [0.5, 0.6) is 5.75 Å². The molecule has 0 aliphatic carbocycles. The van der Waals surface area contributed by atoms with Gasteiger partial charge in [-0.2, -0.15) is 4.31 Å². The number of ether oxygens (including phenoxy) is 1. The van der Waals surface area contributed by atoms with E-state index >= 15 is 0 Å². The van der Waals surface area contributed by atoms with E-state index in [1.165, 1.54) is 16.4 Å². The first kappa shape index (κ1) is 19.6. The van der Waals surface area contributed by atoms with Crippen LogP contribution in [0.1, 0.15) is 32.6 Å². The molecule has 2 heterocycles. The summed E-state index contributed by atoms with van der Waals surface area (Å²) in [4.78, 5) is 24.7. The second-order valence-electron chi connectivity index (χ2n) is 6.79. The van der Waals surface area contributed by atoms with Crippen molar-refractivity contribution in [3.63, 3.8) is 0 Å². The van der Waals surface area contributed by atoms with Gasteiger partial charge in [0.2, 0.25) is 10.0 Å². The van der Waals surface area contributed by atoms with E-state index in [1.807, 2.05) is 0 Å². The molecule has 1 aromatic carbocycles. The van der Waals surface area contributed by atoms with Crippen LogP contribution in [-0.4, -0.2) is 60.7 Å². The van der Waals surface area contributed by atoms with Crippen LogP contribution in [-0.2, 0) is 14.8 Å². The highest BCUT2D eigenvalue weighted by Gasteiger charge is 2.31. The number of carbonyl (C=O) groups is 1. The summed E-state index contributed by atoms with van der Waals surface area (Å²) in [5.74, 6) is -0.337. The Balaban J connectivity index is 1.83. The third kappa shape index (κ3) is 4.06. The molecule has 2 fully saturated rings. The predicted octanol–water partition coefficient (Wildman–Crippen LogP) is 1.77. The number of nitro groups is 1. The Hall–Kier alpha value is -2.20. The normalized spacial score (nSPS) is 19.2. The van der Waals surface area contributed by atoms with Gasteiger partial charge in [0.15, 0.2) is 11.9 Å². The van der Waals surface area contributed by atoms with E-state index < -0.39 is 26.7 Å². The van der Waals surface area contributed by atoms with Crippen LogP contribution in [0.4, 0.5) is 5.69 Å². The third-order valence-electron chi connectivity index (χ3n) is 4.90. The van der Waals surface area contributed by atoms with Crippen LogP contribution in [0.25, 0.3) is 0 Å². The molecule has 0 saturated carbocycles. The zero-order valence-corrected chi connectivity index (χ0v) is 16.0. The topological polar surface area (TPSA) is 110 Å². The molecule has 0 unspecified atom stereocenters. The number of sulfonamides is 1. The minimum Gasteiger partial charge on any atom is -0.474 e. The summed E-state index contributed by atoms with van der Waals surface area (Å²) in [6.07, 6.45) is 2.53. The lowest BCUT2D eigenvalue weighted by Gasteiger charge is -2.21. The lowest BCUT2D eigenvalue weighted by Crippen LogP contribution is -2.38. The molecular weight excluding hydrogens is 374 g/mol. The first-order valence-electron chi connectivity index (χ1n) is 9.05. The smallest absolute Gasteiger partial charge is 0.312 e. The largest absolute Gasteiger partial charge is 0.474 e. The Labute approximate surface area is 158 Å². The molecule has 2 aliphatic heterocycles. The summed E-state index contributed by atoms with van der Waals surface area (Å²) in [5, 5.41) is 11.5. The number of likely N-dealkylation sites (tertiary alicyclic amines) is 1. The highest BCUT2D eigenvalue weighted by Crippen LogP contribution is 2.32. The van der Waals surface area contributed by atoms with Crippen molar-refractivity contribution in [3.05, 3.63) is 28.3 Å². The number of carbonyl (C=O) groups excluding carboxylic acids is 1. The molecule has 0 N–H and O–H groups in total. The molecule has 1 atom stereocenters. The molecule has 2 saturated heterocycles. The van der Waals surface area contributed by atoms with Crippen molar-refractivity contribution in [2.45, 2.75) is 43.6 Å². The van der Waals surface area contributed by atoms with Crippen molar-refractivity contribution in [1.29, 1.82) is 0 Å². The van der Waals surface area contributed by atoms with Gasteiger partial charge in [-0.05, 0) is 44.7 Å². The Bertz CT molecular complexity index is 829. The maximum Gasteiger partial charge on any atom is 0.312 e. The van der Waals surface area contributed by atoms with Gasteiger partial charge >= 0.3 is 5.69 Å². The van der Waals surface area contributed by atoms with Gasteiger partial charge in [0.25, 0.3) is 5.91 Å². The fraction of sp³-hybridized carbons (Fsp3) is 0.588. The fourth-order valence-corrected chi connectivity index (χ4v) is 4.95. The van der Waals surface area contributed by atoms with Crippen molar-refractivity contribution in [2.24, 2.45) is 0 Å². The summed E-state index contributed by atoms with van der Waals surface area (Å²) in [6.45, 7) is 3.67. The Morgan fingerprint density at radius 3 is 2.33 bits per heavy atom. The number of hydrogen-bond acceptors (Lipinski definition) is 6. The van der Waals surface area contributed by atoms with Crippen LogP contribution in [0.3, 0.4) is 0 Å². The highest BCUT2D eigenvalue weighted by atomic mass is 32.2. The molecule has 9 nitrogen and oxygen atoms in total. The van der Waals surface area contributed by atoms with Crippen molar-refractivity contribution in [3.8, 4) is 5.75 Å². The molecule has 1 amide bonds. The van der Waals surface area contributed by atoms with Gasteiger partial charge in [0, 0.05) is 32.2 Å². The molecule has 3 rings (SSSR count). The zero-order valence-electron chi connectivity index (χ0n) is 15.2. The number of rotatable bonds is 6. The average Bonchev–Trinajstić information content (AvgIpc) is 3.34. The molecule has 148 valence electrons. The van der Waals surface area contributed by atoms with E-state index in [-0.39, 0.29) is 16.6 Å². The van der Waals surface area contributed by atoms with E-state index in [1.54, 1.807) is 11.8 Å². The summed E-state index contributed by atoms with van der Waals surface area (Å²) in [7, 11) is -3.77. The molecular formula is C17H23N3O6S. The maximum absolute atomic E-state index is 12.6. The monoisotopic (exact) mass is 397 g/mol. The highest BCUT2D eigenvalue weighted by molar-refractivity contribution is 7.89. The van der Waals surface area contributed by atoms with Crippen LogP contribution < -0.4 is 4.74 Å². The summed E-state index contributed by atoms with van der Waals surface area (Å²) in [6, 6.07) is 3.56. The van der Waals surface area contributed by atoms with Gasteiger partial charge in [0.1, 0.15) is 0 Å². The van der Waals surface area contributed by atoms with Crippen molar-refractivity contribution in [2.75, 3.05) is 26.2 Å². The van der Waals surface area contributed by atoms with Gasteiger partial charge in [-0.1, -0.05) is 0 Å². The molecule has 1 aromatic rings. The second kappa shape index (κ2) is 7.81. The number of nitrogens with zero attached hydrogens (tertiary/aromatic N) is 3. The third-order valence-corrected chi connectivity index (χ3v) is 6.79. The van der Waals surface area contributed by atoms with E-state index in [9.17, 15) is 23.3 Å².